The molecular weight excluding hydrogens is 234 g/mol. The average Bonchev–Trinajstić information content (AvgIpc) is 2.88. The second-order valence-corrected chi connectivity index (χ2v) is 4.64. The van der Waals surface area contributed by atoms with Crippen molar-refractivity contribution < 1.29 is 0 Å². The summed E-state index contributed by atoms with van der Waals surface area (Å²) in [6, 6.07) is 12.5. The second kappa shape index (κ2) is 5.67. The van der Waals surface area contributed by atoms with Gasteiger partial charge in [-0.15, -0.1) is 0 Å². The number of fused-ring (bicyclic) bond motifs is 1. The third-order valence-corrected chi connectivity index (χ3v) is 3.32. The Morgan fingerprint density at radius 1 is 1.05 bits per heavy atom. The molecule has 3 aromatic rings. The van der Waals surface area contributed by atoms with Gasteiger partial charge in [-0.05, 0) is 42.3 Å². The minimum absolute atomic E-state index is 0.894. The van der Waals surface area contributed by atoms with Crippen molar-refractivity contribution in [2.75, 3.05) is 6.54 Å². The molecule has 2 heterocycles. The maximum absolute atomic E-state index is 4.02. The van der Waals surface area contributed by atoms with Gasteiger partial charge in [0.2, 0.25) is 0 Å². The predicted octanol–water partition coefficient (Wildman–Crippen LogP) is 2.90. The molecule has 1 aromatic carbocycles. The van der Waals surface area contributed by atoms with Gasteiger partial charge in [-0.25, -0.2) is 0 Å². The molecule has 0 fully saturated rings. The highest BCUT2D eigenvalue weighted by atomic mass is 14.8. The normalized spacial score (nSPS) is 10.9. The lowest BCUT2D eigenvalue weighted by molar-refractivity contribution is 0.688. The molecule has 96 valence electrons. The first-order valence-corrected chi connectivity index (χ1v) is 6.58. The average molecular weight is 251 g/mol. The largest absolute Gasteiger partial charge is 0.361 e. The van der Waals surface area contributed by atoms with Gasteiger partial charge in [0.15, 0.2) is 0 Å². The predicted molar refractivity (Wildman–Crippen MR) is 77.9 cm³/mol. The van der Waals surface area contributed by atoms with Crippen LogP contribution in [-0.4, -0.2) is 16.5 Å². The number of nitrogens with zero attached hydrogens (tertiary/aromatic N) is 1. The number of pyridine rings is 1. The molecule has 0 unspecified atom stereocenters. The van der Waals surface area contributed by atoms with Gasteiger partial charge >= 0.3 is 0 Å². The monoisotopic (exact) mass is 251 g/mol. The van der Waals surface area contributed by atoms with Crippen LogP contribution >= 0.6 is 0 Å². The Kier molecular flexibility index (Phi) is 3.56. The summed E-state index contributed by atoms with van der Waals surface area (Å²) in [7, 11) is 0. The molecule has 0 bridgehead atoms. The summed E-state index contributed by atoms with van der Waals surface area (Å²) in [4.78, 5) is 7.33. The fraction of sp³-hybridized carbons (Fsp3) is 0.188. The number of aromatic nitrogens is 2. The van der Waals surface area contributed by atoms with E-state index in [-0.39, 0.29) is 0 Å². The molecule has 0 saturated heterocycles. The van der Waals surface area contributed by atoms with Crippen LogP contribution in [0, 0.1) is 0 Å². The lowest BCUT2D eigenvalue weighted by Gasteiger charge is -2.04. The van der Waals surface area contributed by atoms with Crippen molar-refractivity contribution in [3.05, 3.63) is 66.1 Å². The summed E-state index contributed by atoms with van der Waals surface area (Å²) >= 11 is 0. The number of aromatic amines is 1. The summed E-state index contributed by atoms with van der Waals surface area (Å²) in [5.74, 6) is 0. The Bertz CT molecular complexity index is 643. The van der Waals surface area contributed by atoms with E-state index >= 15 is 0 Å². The Balaban J connectivity index is 1.55. The van der Waals surface area contributed by atoms with Crippen LogP contribution in [0.15, 0.2) is 55.0 Å². The summed E-state index contributed by atoms with van der Waals surface area (Å²) in [5, 5.41) is 4.79. The zero-order valence-corrected chi connectivity index (χ0v) is 10.8. The molecule has 3 heteroatoms. The Morgan fingerprint density at radius 3 is 2.79 bits per heavy atom. The first kappa shape index (κ1) is 11.9. The van der Waals surface area contributed by atoms with E-state index in [2.05, 4.69) is 45.7 Å². The number of rotatable bonds is 5. The van der Waals surface area contributed by atoms with E-state index in [4.69, 9.17) is 0 Å². The number of hydrogen-bond donors (Lipinski definition) is 2. The SMILES string of the molecule is c1ccc2c(CCNCc3ccncc3)c[nH]c2c1. The highest BCUT2D eigenvalue weighted by Crippen LogP contribution is 2.17. The number of nitrogens with one attached hydrogen (secondary N) is 2. The molecule has 0 saturated carbocycles. The van der Waals surface area contributed by atoms with E-state index in [0.29, 0.717) is 0 Å². The minimum Gasteiger partial charge on any atom is -0.361 e. The molecule has 0 atom stereocenters. The van der Waals surface area contributed by atoms with Crippen molar-refractivity contribution >= 4 is 10.9 Å². The number of para-hydroxylation sites is 1. The van der Waals surface area contributed by atoms with Gasteiger partial charge in [-0.1, -0.05) is 18.2 Å². The van der Waals surface area contributed by atoms with Crippen molar-refractivity contribution in [2.45, 2.75) is 13.0 Å². The van der Waals surface area contributed by atoms with Crippen LogP contribution in [0.1, 0.15) is 11.1 Å². The second-order valence-electron chi connectivity index (χ2n) is 4.64. The van der Waals surface area contributed by atoms with E-state index in [1.54, 1.807) is 0 Å². The highest BCUT2D eigenvalue weighted by Gasteiger charge is 2.01. The quantitative estimate of drug-likeness (QED) is 0.685. The van der Waals surface area contributed by atoms with Gasteiger partial charge < -0.3 is 10.3 Å². The standard InChI is InChI=1S/C16H17N3/c1-2-4-16-15(3-1)14(12-19-16)7-10-18-11-13-5-8-17-9-6-13/h1-6,8-9,12,18-19H,7,10-11H2. The van der Waals surface area contributed by atoms with Crippen molar-refractivity contribution in [1.82, 2.24) is 15.3 Å². The van der Waals surface area contributed by atoms with Crippen molar-refractivity contribution in [2.24, 2.45) is 0 Å². The maximum atomic E-state index is 4.02. The molecule has 0 amide bonds. The fourth-order valence-electron chi connectivity index (χ4n) is 2.29. The van der Waals surface area contributed by atoms with E-state index in [1.807, 2.05) is 24.5 Å². The van der Waals surface area contributed by atoms with Crippen molar-refractivity contribution in [3.63, 3.8) is 0 Å². The Morgan fingerprint density at radius 2 is 1.89 bits per heavy atom. The van der Waals surface area contributed by atoms with E-state index in [1.165, 1.54) is 22.0 Å². The van der Waals surface area contributed by atoms with Gasteiger partial charge in [0.1, 0.15) is 0 Å². The molecule has 0 spiro atoms. The Hall–Kier alpha value is -2.13. The lowest BCUT2D eigenvalue weighted by Crippen LogP contribution is -2.16. The van der Waals surface area contributed by atoms with Gasteiger partial charge in [0.05, 0.1) is 0 Å². The molecular formula is C16H17N3. The molecule has 0 radical (unpaired) electrons. The van der Waals surface area contributed by atoms with Gasteiger partial charge in [-0.3, -0.25) is 4.98 Å². The van der Waals surface area contributed by atoms with Crippen LogP contribution in [0.5, 0.6) is 0 Å². The summed E-state index contributed by atoms with van der Waals surface area (Å²) in [6.45, 7) is 1.87. The maximum Gasteiger partial charge on any atom is 0.0456 e. The van der Waals surface area contributed by atoms with E-state index in [0.717, 1.165) is 19.5 Å². The van der Waals surface area contributed by atoms with Gasteiger partial charge in [0.25, 0.3) is 0 Å². The molecule has 19 heavy (non-hydrogen) atoms. The molecule has 0 aliphatic rings. The van der Waals surface area contributed by atoms with Gasteiger partial charge in [0, 0.05) is 36.0 Å². The molecule has 0 aliphatic carbocycles. The van der Waals surface area contributed by atoms with Crippen LogP contribution in [0.2, 0.25) is 0 Å². The summed E-state index contributed by atoms with van der Waals surface area (Å²) < 4.78 is 0. The highest BCUT2D eigenvalue weighted by molar-refractivity contribution is 5.83. The third-order valence-electron chi connectivity index (χ3n) is 3.32. The summed E-state index contributed by atoms with van der Waals surface area (Å²) in [6.07, 6.45) is 6.81. The molecule has 2 aromatic heterocycles. The number of hydrogen-bond acceptors (Lipinski definition) is 2. The molecule has 3 rings (SSSR count). The first-order chi connectivity index (χ1) is 9.43. The first-order valence-electron chi connectivity index (χ1n) is 6.58. The molecule has 0 aliphatic heterocycles. The topological polar surface area (TPSA) is 40.7 Å². The molecule has 2 N–H and O–H groups in total. The van der Waals surface area contributed by atoms with E-state index in [9.17, 15) is 0 Å². The number of benzene rings is 1. The van der Waals surface area contributed by atoms with Crippen LogP contribution in [0.4, 0.5) is 0 Å². The Labute approximate surface area is 112 Å². The van der Waals surface area contributed by atoms with Crippen LogP contribution in [0.3, 0.4) is 0 Å². The third kappa shape index (κ3) is 2.83. The van der Waals surface area contributed by atoms with E-state index < -0.39 is 0 Å². The van der Waals surface area contributed by atoms with Crippen LogP contribution in [0.25, 0.3) is 10.9 Å². The van der Waals surface area contributed by atoms with Gasteiger partial charge in [-0.2, -0.15) is 0 Å². The zero-order chi connectivity index (χ0) is 12.9. The lowest BCUT2D eigenvalue weighted by atomic mass is 10.1. The zero-order valence-electron chi connectivity index (χ0n) is 10.8. The minimum atomic E-state index is 0.894. The van der Waals surface area contributed by atoms with Crippen LogP contribution in [-0.2, 0) is 13.0 Å². The smallest absolute Gasteiger partial charge is 0.0456 e. The fourth-order valence-corrected chi connectivity index (χ4v) is 2.29. The number of H-pyrrole nitrogens is 1. The molecule has 3 nitrogen and oxygen atoms in total. The van der Waals surface area contributed by atoms with Crippen LogP contribution < -0.4 is 5.32 Å². The summed E-state index contributed by atoms with van der Waals surface area (Å²) in [5.41, 5.74) is 3.86. The van der Waals surface area contributed by atoms with Crippen molar-refractivity contribution in [3.8, 4) is 0 Å². The van der Waals surface area contributed by atoms with Crippen molar-refractivity contribution in [1.29, 1.82) is 0 Å².